The molecule has 0 saturated carbocycles. The number of benzene rings is 2. The normalized spacial score (nSPS) is 10.9. The van der Waals surface area contributed by atoms with Gasteiger partial charge in [-0.15, -0.1) is 0 Å². The first-order valence-electron chi connectivity index (χ1n) is 8.63. The summed E-state index contributed by atoms with van der Waals surface area (Å²) in [4.78, 5) is 15.2. The lowest BCUT2D eigenvalue weighted by Crippen LogP contribution is -2.06. The molecule has 2 aromatic heterocycles. The highest BCUT2D eigenvalue weighted by Gasteiger charge is 2.23. The van der Waals surface area contributed by atoms with E-state index in [0.717, 1.165) is 11.1 Å². The number of aromatic nitrogens is 3. The predicted octanol–water partition coefficient (Wildman–Crippen LogP) is 4.65. The van der Waals surface area contributed by atoms with Gasteiger partial charge in [-0.05, 0) is 23.3 Å². The number of nitro groups is 1. The lowest BCUT2D eigenvalue weighted by molar-refractivity contribution is -0.384. The maximum atomic E-state index is 11.6. The second-order valence-corrected chi connectivity index (χ2v) is 6.64. The SMILES string of the molecule is O=[N+]([O-])c1c(Cl)nc2ccccc2c1NCc1cccc(Cn2cccn2)c1. The fraction of sp³-hybridized carbons (Fsp3) is 0.100. The number of fused-ring (bicyclic) bond motifs is 1. The van der Waals surface area contributed by atoms with Crippen molar-refractivity contribution in [3.8, 4) is 0 Å². The summed E-state index contributed by atoms with van der Waals surface area (Å²) >= 11 is 6.09. The van der Waals surface area contributed by atoms with Gasteiger partial charge >= 0.3 is 5.69 Å². The Hall–Kier alpha value is -3.45. The molecule has 0 aliphatic rings. The summed E-state index contributed by atoms with van der Waals surface area (Å²) < 4.78 is 1.84. The van der Waals surface area contributed by atoms with Gasteiger partial charge in [0, 0.05) is 24.3 Å². The van der Waals surface area contributed by atoms with Crippen molar-refractivity contribution >= 4 is 33.9 Å². The Morgan fingerprint density at radius 2 is 1.93 bits per heavy atom. The van der Waals surface area contributed by atoms with E-state index in [9.17, 15) is 10.1 Å². The number of rotatable bonds is 6. The third kappa shape index (κ3) is 3.65. The van der Waals surface area contributed by atoms with Gasteiger partial charge in [0.15, 0.2) is 0 Å². The molecule has 2 aromatic carbocycles. The summed E-state index contributed by atoms with van der Waals surface area (Å²) in [5.41, 5.74) is 2.85. The van der Waals surface area contributed by atoms with Gasteiger partial charge in [-0.3, -0.25) is 14.8 Å². The Labute approximate surface area is 165 Å². The van der Waals surface area contributed by atoms with Gasteiger partial charge < -0.3 is 5.32 Å². The number of hydrogen-bond acceptors (Lipinski definition) is 5. The molecule has 8 heteroatoms. The number of nitrogens with zero attached hydrogens (tertiary/aromatic N) is 4. The summed E-state index contributed by atoms with van der Waals surface area (Å²) in [6, 6.07) is 17.1. The number of hydrogen-bond donors (Lipinski definition) is 1. The minimum absolute atomic E-state index is 0.126. The molecule has 0 bridgehead atoms. The molecule has 0 amide bonds. The maximum absolute atomic E-state index is 11.6. The van der Waals surface area contributed by atoms with Crippen molar-refractivity contribution in [2.24, 2.45) is 0 Å². The van der Waals surface area contributed by atoms with Gasteiger partial charge in [-0.25, -0.2) is 4.98 Å². The molecular weight excluding hydrogens is 378 g/mol. The van der Waals surface area contributed by atoms with E-state index < -0.39 is 4.92 Å². The van der Waals surface area contributed by atoms with Crippen LogP contribution in [0.1, 0.15) is 11.1 Å². The van der Waals surface area contributed by atoms with Gasteiger partial charge in [-0.1, -0.05) is 54.1 Å². The molecule has 0 radical (unpaired) electrons. The van der Waals surface area contributed by atoms with Crippen LogP contribution in [0.3, 0.4) is 0 Å². The Bertz CT molecular complexity index is 1140. The minimum Gasteiger partial charge on any atom is -0.375 e. The van der Waals surface area contributed by atoms with Gasteiger partial charge in [0.05, 0.1) is 17.0 Å². The van der Waals surface area contributed by atoms with Crippen LogP contribution in [0.2, 0.25) is 5.15 Å². The van der Waals surface area contributed by atoms with Crippen LogP contribution >= 0.6 is 11.6 Å². The van der Waals surface area contributed by atoms with E-state index >= 15 is 0 Å². The average molecular weight is 394 g/mol. The highest BCUT2D eigenvalue weighted by Crippen LogP contribution is 2.37. The third-order valence-corrected chi connectivity index (χ3v) is 4.63. The molecule has 0 unspecified atom stereocenters. The Kier molecular flexibility index (Phi) is 4.90. The highest BCUT2D eigenvalue weighted by molar-refractivity contribution is 6.33. The van der Waals surface area contributed by atoms with Crippen LogP contribution < -0.4 is 5.32 Å². The summed E-state index contributed by atoms with van der Waals surface area (Å²) in [5, 5.41) is 19.5. The molecule has 0 spiro atoms. The smallest absolute Gasteiger partial charge is 0.329 e. The van der Waals surface area contributed by atoms with E-state index in [1.807, 2.05) is 53.3 Å². The quantitative estimate of drug-likeness (QED) is 0.292. The van der Waals surface area contributed by atoms with Gasteiger partial charge in [0.1, 0.15) is 5.69 Å². The van der Waals surface area contributed by atoms with E-state index in [4.69, 9.17) is 11.6 Å². The number of pyridine rings is 1. The molecule has 0 atom stereocenters. The van der Waals surface area contributed by atoms with Crippen molar-refractivity contribution < 1.29 is 4.92 Å². The van der Waals surface area contributed by atoms with Crippen molar-refractivity contribution in [2.75, 3.05) is 5.32 Å². The summed E-state index contributed by atoms with van der Waals surface area (Å²) in [7, 11) is 0. The zero-order valence-corrected chi connectivity index (χ0v) is 15.5. The molecule has 2 heterocycles. The number of para-hydroxylation sites is 1. The monoisotopic (exact) mass is 393 g/mol. The van der Waals surface area contributed by atoms with Crippen LogP contribution in [-0.2, 0) is 13.1 Å². The van der Waals surface area contributed by atoms with Gasteiger partial charge in [0.25, 0.3) is 0 Å². The summed E-state index contributed by atoms with van der Waals surface area (Å²) in [6.07, 6.45) is 3.64. The molecule has 0 saturated heterocycles. The average Bonchev–Trinajstić information content (AvgIpc) is 3.18. The van der Waals surface area contributed by atoms with Crippen LogP contribution in [0.25, 0.3) is 10.9 Å². The Balaban J connectivity index is 1.64. The fourth-order valence-corrected chi connectivity index (χ4v) is 3.38. The van der Waals surface area contributed by atoms with Crippen LogP contribution in [0.5, 0.6) is 0 Å². The lowest BCUT2D eigenvalue weighted by Gasteiger charge is -2.12. The standard InChI is InChI=1S/C20H16ClN5O2/c21-20-19(26(27)28)18(16-7-1-2-8-17(16)24-20)22-12-14-5-3-6-15(11-14)13-25-10-4-9-23-25/h1-11H,12-13H2,(H,22,24). The molecule has 7 nitrogen and oxygen atoms in total. The van der Waals surface area contributed by atoms with Crippen LogP contribution in [0.4, 0.5) is 11.4 Å². The summed E-state index contributed by atoms with van der Waals surface area (Å²) in [6.45, 7) is 1.07. The van der Waals surface area contributed by atoms with E-state index in [-0.39, 0.29) is 10.8 Å². The molecule has 4 rings (SSSR count). The molecule has 1 N–H and O–H groups in total. The largest absolute Gasteiger partial charge is 0.375 e. The first-order chi connectivity index (χ1) is 13.6. The van der Waals surface area contributed by atoms with Crippen molar-refractivity contribution in [1.29, 1.82) is 0 Å². The van der Waals surface area contributed by atoms with Crippen molar-refractivity contribution in [3.63, 3.8) is 0 Å². The first-order valence-corrected chi connectivity index (χ1v) is 9.01. The van der Waals surface area contributed by atoms with E-state index in [1.165, 1.54) is 0 Å². The van der Waals surface area contributed by atoms with Gasteiger partial charge in [-0.2, -0.15) is 5.10 Å². The molecule has 0 aliphatic heterocycles. The molecule has 4 aromatic rings. The first kappa shape index (κ1) is 17.9. The van der Waals surface area contributed by atoms with Crippen molar-refractivity contribution in [2.45, 2.75) is 13.1 Å². The molecule has 0 aliphatic carbocycles. The highest BCUT2D eigenvalue weighted by atomic mass is 35.5. The Morgan fingerprint density at radius 1 is 1.11 bits per heavy atom. The van der Waals surface area contributed by atoms with Crippen LogP contribution in [-0.4, -0.2) is 19.7 Å². The van der Waals surface area contributed by atoms with Gasteiger partial charge in [0.2, 0.25) is 5.15 Å². The Morgan fingerprint density at radius 3 is 2.71 bits per heavy atom. The van der Waals surface area contributed by atoms with Crippen molar-refractivity contribution in [3.05, 3.63) is 93.4 Å². The third-order valence-electron chi connectivity index (χ3n) is 4.37. The van der Waals surface area contributed by atoms with E-state index in [2.05, 4.69) is 15.4 Å². The zero-order chi connectivity index (χ0) is 19.5. The van der Waals surface area contributed by atoms with Crippen molar-refractivity contribution in [1.82, 2.24) is 14.8 Å². The maximum Gasteiger partial charge on any atom is 0.329 e. The second kappa shape index (κ2) is 7.66. The van der Waals surface area contributed by atoms with Crippen LogP contribution in [0.15, 0.2) is 67.0 Å². The molecular formula is C20H16ClN5O2. The zero-order valence-electron chi connectivity index (χ0n) is 14.7. The molecule has 140 valence electrons. The summed E-state index contributed by atoms with van der Waals surface area (Å²) in [5.74, 6) is 0. The molecule has 0 fully saturated rings. The topological polar surface area (TPSA) is 85.9 Å². The van der Waals surface area contributed by atoms with Crippen LogP contribution in [0, 0.1) is 10.1 Å². The number of halogens is 1. The van der Waals surface area contributed by atoms with E-state index in [0.29, 0.717) is 29.7 Å². The number of nitrogens with one attached hydrogen (secondary N) is 1. The van der Waals surface area contributed by atoms with E-state index in [1.54, 1.807) is 18.3 Å². The minimum atomic E-state index is -0.502. The molecule has 28 heavy (non-hydrogen) atoms. The fourth-order valence-electron chi connectivity index (χ4n) is 3.13. The second-order valence-electron chi connectivity index (χ2n) is 6.28. The lowest BCUT2D eigenvalue weighted by atomic mass is 10.1. The predicted molar refractivity (Wildman–Crippen MR) is 109 cm³/mol. The number of anilines is 1.